The summed E-state index contributed by atoms with van der Waals surface area (Å²) >= 11 is 0. The molecule has 0 radical (unpaired) electrons. The highest BCUT2D eigenvalue weighted by atomic mass is 32.2. The van der Waals surface area contributed by atoms with Crippen molar-refractivity contribution in [1.82, 2.24) is 24.1 Å². The fourth-order valence-corrected chi connectivity index (χ4v) is 5.52. The van der Waals surface area contributed by atoms with Gasteiger partial charge in [0.1, 0.15) is 39.9 Å². The van der Waals surface area contributed by atoms with E-state index >= 15 is 0 Å². The molecule has 2 atom stereocenters. The van der Waals surface area contributed by atoms with Gasteiger partial charge in [-0.05, 0) is 61.7 Å². The van der Waals surface area contributed by atoms with Crippen molar-refractivity contribution in [1.29, 1.82) is 0 Å². The van der Waals surface area contributed by atoms with Crippen molar-refractivity contribution in [3.63, 3.8) is 0 Å². The first-order chi connectivity index (χ1) is 19.5. The molecule has 0 bridgehead atoms. The Kier molecular flexibility index (Phi) is 7.49. The molecule has 0 aliphatic carbocycles. The van der Waals surface area contributed by atoms with E-state index in [1.807, 2.05) is 32.0 Å². The summed E-state index contributed by atoms with van der Waals surface area (Å²) in [5.74, 6) is 2.06. The van der Waals surface area contributed by atoms with E-state index in [4.69, 9.17) is 13.9 Å². The van der Waals surface area contributed by atoms with Gasteiger partial charge in [-0.15, -0.1) is 10.2 Å². The first-order valence-corrected chi connectivity index (χ1v) is 14.5. The van der Waals surface area contributed by atoms with Gasteiger partial charge in [-0.3, -0.25) is 9.29 Å². The van der Waals surface area contributed by atoms with Crippen molar-refractivity contribution in [3.05, 3.63) is 71.9 Å². The van der Waals surface area contributed by atoms with E-state index in [0.29, 0.717) is 34.4 Å². The van der Waals surface area contributed by atoms with Crippen LogP contribution >= 0.6 is 0 Å². The van der Waals surface area contributed by atoms with Crippen molar-refractivity contribution in [2.75, 3.05) is 18.9 Å². The first-order valence-electron chi connectivity index (χ1n) is 13.0. The van der Waals surface area contributed by atoms with Crippen LogP contribution in [0.5, 0.6) is 11.5 Å². The SMILES string of the molecule is COc1cc(C(C)C)cc(OC)c1-n1c(NS(=O)(=O)[C@@H](C)[C@@H](O)c2cn3ccccc3n2)nnc1-c1ccc(C)o1. The van der Waals surface area contributed by atoms with E-state index in [0.717, 1.165) is 5.56 Å². The van der Waals surface area contributed by atoms with E-state index in [9.17, 15) is 13.5 Å². The van der Waals surface area contributed by atoms with Crippen molar-refractivity contribution in [2.24, 2.45) is 0 Å². The van der Waals surface area contributed by atoms with Crippen LogP contribution in [0.3, 0.4) is 0 Å². The molecule has 13 heteroatoms. The molecule has 2 N–H and O–H groups in total. The highest BCUT2D eigenvalue weighted by molar-refractivity contribution is 7.93. The normalized spacial score (nSPS) is 13.5. The summed E-state index contributed by atoms with van der Waals surface area (Å²) in [6.45, 7) is 7.26. The number of methoxy groups -OCH3 is 2. The third-order valence-electron chi connectivity index (χ3n) is 6.87. The van der Waals surface area contributed by atoms with E-state index in [1.165, 1.54) is 25.7 Å². The molecule has 0 saturated carbocycles. The third-order valence-corrected chi connectivity index (χ3v) is 8.57. The number of rotatable bonds is 10. The molecule has 41 heavy (non-hydrogen) atoms. The second-order valence-electron chi connectivity index (χ2n) is 9.95. The van der Waals surface area contributed by atoms with Gasteiger partial charge in [-0.1, -0.05) is 19.9 Å². The Morgan fingerprint density at radius 2 is 1.73 bits per heavy atom. The summed E-state index contributed by atoms with van der Waals surface area (Å²) in [6, 6.07) is 12.6. The minimum absolute atomic E-state index is 0.142. The summed E-state index contributed by atoms with van der Waals surface area (Å²) < 4.78 is 50.3. The Bertz CT molecular complexity index is 1750. The Hall–Kier alpha value is -4.36. The number of aromatic nitrogens is 5. The number of nitrogens with zero attached hydrogens (tertiary/aromatic N) is 5. The molecular formula is C28H32N6O6S. The van der Waals surface area contributed by atoms with Gasteiger partial charge in [0, 0.05) is 12.4 Å². The molecule has 4 heterocycles. The summed E-state index contributed by atoms with van der Waals surface area (Å²) in [4.78, 5) is 4.38. The fraction of sp³-hybridized carbons (Fsp3) is 0.321. The average molecular weight is 581 g/mol. The Labute approximate surface area is 237 Å². The maximum Gasteiger partial charge on any atom is 0.243 e. The van der Waals surface area contributed by atoms with E-state index < -0.39 is 21.4 Å². The van der Waals surface area contributed by atoms with Gasteiger partial charge in [0.15, 0.2) is 5.76 Å². The number of hydrogen-bond donors (Lipinski definition) is 2. The molecule has 1 aromatic carbocycles. The lowest BCUT2D eigenvalue weighted by Gasteiger charge is -2.21. The summed E-state index contributed by atoms with van der Waals surface area (Å²) in [7, 11) is -1.21. The summed E-state index contributed by atoms with van der Waals surface area (Å²) in [5, 5.41) is 18.2. The maximum absolute atomic E-state index is 13.6. The van der Waals surface area contributed by atoms with E-state index in [1.54, 1.807) is 48.0 Å². The van der Waals surface area contributed by atoms with Crippen molar-refractivity contribution in [2.45, 2.75) is 45.0 Å². The van der Waals surface area contributed by atoms with Gasteiger partial charge in [0.2, 0.25) is 21.8 Å². The number of hydrogen-bond acceptors (Lipinski definition) is 9. The largest absolute Gasteiger partial charge is 0.494 e. The molecule has 216 valence electrons. The highest BCUT2D eigenvalue weighted by Gasteiger charge is 2.34. The van der Waals surface area contributed by atoms with Crippen molar-refractivity contribution in [3.8, 4) is 28.8 Å². The molecule has 0 aliphatic heterocycles. The topological polar surface area (TPSA) is 146 Å². The number of anilines is 1. The quantitative estimate of drug-likeness (QED) is 0.244. The number of aliphatic hydroxyl groups excluding tert-OH is 1. The van der Waals surface area contributed by atoms with Gasteiger partial charge in [-0.25, -0.2) is 13.4 Å². The summed E-state index contributed by atoms with van der Waals surface area (Å²) in [5.41, 5.74) is 2.13. The van der Waals surface area contributed by atoms with Gasteiger partial charge in [0.05, 0.1) is 19.9 Å². The summed E-state index contributed by atoms with van der Waals surface area (Å²) in [6.07, 6.45) is 1.94. The van der Waals surface area contributed by atoms with Crippen LogP contribution < -0.4 is 14.2 Å². The highest BCUT2D eigenvalue weighted by Crippen LogP contribution is 2.41. The van der Waals surface area contributed by atoms with Crippen LogP contribution in [0.25, 0.3) is 22.9 Å². The number of pyridine rings is 1. The first kappa shape index (κ1) is 28.2. The maximum atomic E-state index is 13.6. The van der Waals surface area contributed by atoms with Crippen molar-refractivity contribution >= 4 is 21.6 Å². The molecule has 0 amide bonds. The van der Waals surface area contributed by atoms with Crippen LogP contribution in [0, 0.1) is 6.92 Å². The Morgan fingerprint density at radius 3 is 2.32 bits per heavy atom. The van der Waals surface area contributed by atoms with Crippen LogP contribution in [0.15, 0.2) is 59.3 Å². The minimum atomic E-state index is -4.24. The fourth-order valence-electron chi connectivity index (χ4n) is 4.47. The number of fused-ring (bicyclic) bond motifs is 1. The number of ether oxygens (including phenoxy) is 2. The number of benzene rings is 1. The van der Waals surface area contributed by atoms with Gasteiger partial charge >= 0.3 is 0 Å². The number of aryl methyl sites for hydroxylation is 1. The molecular weight excluding hydrogens is 548 g/mol. The number of nitrogens with one attached hydrogen (secondary N) is 1. The standard InChI is InChI=1S/C28H32N6O6S/c1-16(2)19-13-22(38-5)25(23(14-19)39-6)34-27(21-11-10-17(3)40-21)30-31-28(34)32-41(36,37)18(4)26(35)20-15-33-12-8-7-9-24(33)29-20/h7-16,18,26,35H,1-6H3,(H,31,32)/t18-,26+/m0/s1. The molecule has 5 rings (SSSR count). The second kappa shape index (κ2) is 10.9. The molecule has 0 saturated heterocycles. The minimum Gasteiger partial charge on any atom is -0.494 e. The zero-order valence-electron chi connectivity index (χ0n) is 23.6. The van der Waals surface area contributed by atoms with Gasteiger partial charge in [0.25, 0.3) is 0 Å². The zero-order valence-corrected chi connectivity index (χ0v) is 24.4. The lowest BCUT2D eigenvalue weighted by molar-refractivity contribution is 0.172. The molecule has 0 fully saturated rings. The van der Waals surface area contributed by atoms with Crippen LogP contribution in [0.1, 0.15) is 49.8 Å². The molecule has 5 aromatic rings. The number of furan rings is 1. The van der Waals surface area contributed by atoms with Crippen molar-refractivity contribution < 1.29 is 27.4 Å². The van der Waals surface area contributed by atoms with E-state index in [2.05, 4.69) is 19.9 Å². The average Bonchev–Trinajstić information content (AvgIpc) is 3.69. The Morgan fingerprint density at radius 1 is 1.02 bits per heavy atom. The molecule has 0 unspecified atom stereocenters. The third kappa shape index (κ3) is 5.25. The zero-order chi connectivity index (χ0) is 29.5. The van der Waals surface area contributed by atoms with Crippen LogP contribution in [-0.2, 0) is 10.0 Å². The molecule has 12 nitrogen and oxygen atoms in total. The lowest BCUT2D eigenvalue weighted by Crippen LogP contribution is -2.32. The Balaban J connectivity index is 1.61. The molecule has 0 aliphatic rings. The van der Waals surface area contributed by atoms with Gasteiger partial charge in [-0.2, -0.15) is 0 Å². The predicted molar refractivity (Wildman–Crippen MR) is 153 cm³/mol. The molecule has 4 aromatic heterocycles. The number of aliphatic hydroxyl groups is 1. The number of imidazole rings is 1. The van der Waals surface area contributed by atoms with Crippen LogP contribution in [0.2, 0.25) is 0 Å². The second-order valence-corrected chi connectivity index (χ2v) is 12.0. The van der Waals surface area contributed by atoms with Gasteiger partial charge < -0.3 is 23.4 Å². The van der Waals surface area contributed by atoms with Crippen LogP contribution in [-0.4, -0.2) is 57.1 Å². The number of sulfonamides is 1. The van der Waals surface area contributed by atoms with E-state index in [-0.39, 0.29) is 23.4 Å². The van der Waals surface area contributed by atoms with Crippen LogP contribution in [0.4, 0.5) is 5.95 Å². The monoisotopic (exact) mass is 580 g/mol. The predicted octanol–water partition coefficient (Wildman–Crippen LogP) is 4.49. The smallest absolute Gasteiger partial charge is 0.243 e. The lowest BCUT2D eigenvalue weighted by atomic mass is 10.0. The molecule has 0 spiro atoms.